The van der Waals surface area contributed by atoms with Gasteiger partial charge < -0.3 is 15.2 Å². The van der Waals surface area contributed by atoms with Crippen molar-refractivity contribution in [3.63, 3.8) is 0 Å². The molecule has 0 spiro atoms. The standard InChI is InChI=1S/C8H12N2O3S/c1-6-5-14-7(10-6)4-9-8(12)13-3-2-11/h5,11H,2-4H2,1H3,(H,9,12). The van der Waals surface area contributed by atoms with Crippen LogP contribution in [0.5, 0.6) is 0 Å². The zero-order valence-corrected chi connectivity index (χ0v) is 8.63. The highest BCUT2D eigenvalue weighted by atomic mass is 32.1. The van der Waals surface area contributed by atoms with Crippen molar-refractivity contribution in [1.82, 2.24) is 10.3 Å². The van der Waals surface area contributed by atoms with Crippen molar-refractivity contribution in [2.45, 2.75) is 13.5 Å². The number of aryl methyl sites for hydroxylation is 1. The summed E-state index contributed by atoms with van der Waals surface area (Å²) >= 11 is 1.48. The molecule has 0 saturated heterocycles. The number of aromatic nitrogens is 1. The summed E-state index contributed by atoms with van der Waals surface area (Å²) in [5, 5.41) is 13.7. The minimum atomic E-state index is -0.535. The molecule has 1 amide bonds. The van der Waals surface area contributed by atoms with E-state index in [0.29, 0.717) is 6.54 Å². The van der Waals surface area contributed by atoms with Crippen molar-refractivity contribution >= 4 is 17.4 Å². The number of carbonyl (C=O) groups is 1. The first-order chi connectivity index (χ1) is 6.72. The first-order valence-corrected chi connectivity index (χ1v) is 5.03. The molecule has 0 fully saturated rings. The Morgan fingerprint density at radius 3 is 3.14 bits per heavy atom. The van der Waals surface area contributed by atoms with Crippen molar-refractivity contribution in [3.8, 4) is 0 Å². The second-order valence-corrected chi connectivity index (χ2v) is 3.54. The van der Waals surface area contributed by atoms with Gasteiger partial charge in [0.05, 0.1) is 13.2 Å². The molecule has 0 aliphatic carbocycles. The van der Waals surface area contributed by atoms with Gasteiger partial charge in [-0.25, -0.2) is 9.78 Å². The van der Waals surface area contributed by atoms with Crippen molar-refractivity contribution in [2.75, 3.05) is 13.2 Å². The van der Waals surface area contributed by atoms with Crippen LogP contribution in [0.2, 0.25) is 0 Å². The van der Waals surface area contributed by atoms with Crippen LogP contribution in [0.3, 0.4) is 0 Å². The zero-order chi connectivity index (χ0) is 10.4. The predicted molar refractivity (Wildman–Crippen MR) is 52.1 cm³/mol. The number of hydrogen-bond acceptors (Lipinski definition) is 5. The van der Waals surface area contributed by atoms with E-state index >= 15 is 0 Å². The summed E-state index contributed by atoms with van der Waals surface area (Å²) in [6.07, 6.45) is -0.535. The number of rotatable bonds is 4. The first kappa shape index (κ1) is 10.9. The summed E-state index contributed by atoms with van der Waals surface area (Å²) in [7, 11) is 0. The lowest BCUT2D eigenvalue weighted by atomic mass is 10.6. The molecule has 0 saturated carbocycles. The Bertz CT molecular complexity index is 301. The first-order valence-electron chi connectivity index (χ1n) is 4.15. The van der Waals surface area contributed by atoms with E-state index in [1.54, 1.807) is 0 Å². The largest absolute Gasteiger partial charge is 0.447 e. The number of aliphatic hydroxyl groups is 1. The predicted octanol–water partition coefficient (Wildman–Crippen LogP) is 0.670. The summed E-state index contributed by atoms with van der Waals surface area (Å²) in [5.74, 6) is 0. The average molecular weight is 216 g/mol. The fourth-order valence-corrected chi connectivity index (χ4v) is 1.53. The van der Waals surface area contributed by atoms with Crippen molar-refractivity contribution in [1.29, 1.82) is 0 Å². The molecule has 1 aromatic heterocycles. The molecule has 0 aromatic carbocycles. The minimum Gasteiger partial charge on any atom is -0.447 e. The van der Waals surface area contributed by atoms with Gasteiger partial charge in [-0.15, -0.1) is 11.3 Å². The molecule has 0 aliphatic heterocycles. The van der Waals surface area contributed by atoms with Gasteiger partial charge in [0.25, 0.3) is 0 Å². The SMILES string of the molecule is Cc1csc(CNC(=O)OCCO)n1. The summed E-state index contributed by atoms with van der Waals surface area (Å²) < 4.78 is 4.60. The Kier molecular flexibility index (Phi) is 4.34. The van der Waals surface area contributed by atoms with Crippen LogP contribution in [-0.4, -0.2) is 29.4 Å². The summed E-state index contributed by atoms with van der Waals surface area (Å²) in [5.41, 5.74) is 0.940. The second kappa shape index (κ2) is 5.56. The third-order valence-electron chi connectivity index (χ3n) is 1.37. The van der Waals surface area contributed by atoms with Crippen LogP contribution < -0.4 is 5.32 Å². The molecule has 14 heavy (non-hydrogen) atoms. The summed E-state index contributed by atoms with van der Waals surface area (Å²) in [6, 6.07) is 0. The van der Waals surface area contributed by atoms with Crippen LogP contribution in [0.25, 0.3) is 0 Å². The van der Waals surface area contributed by atoms with Crippen molar-refractivity contribution < 1.29 is 14.6 Å². The Morgan fingerprint density at radius 2 is 2.57 bits per heavy atom. The number of hydrogen-bond donors (Lipinski definition) is 2. The third-order valence-corrected chi connectivity index (χ3v) is 2.34. The Labute approximate surface area is 85.7 Å². The van der Waals surface area contributed by atoms with Crippen molar-refractivity contribution in [2.24, 2.45) is 0 Å². The van der Waals surface area contributed by atoms with Crippen LogP contribution in [0.15, 0.2) is 5.38 Å². The molecule has 0 aliphatic rings. The van der Waals surface area contributed by atoms with Gasteiger partial charge in [0.2, 0.25) is 0 Å². The van der Waals surface area contributed by atoms with Gasteiger partial charge in [-0.1, -0.05) is 0 Å². The topological polar surface area (TPSA) is 71.5 Å². The van der Waals surface area contributed by atoms with E-state index in [0.717, 1.165) is 10.7 Å². The van der Waals surface area contributed by atoms with Gasteiger partial charge in [-0.3, -0.25) is 0 Å². The third kappa shape index (κ3) is 3.71. The molecule has 5 nitrogen and oxygen atoms in total. The zero-order valence-electron chi connectivity index (χ0n) is 7.82. The van der Waals surface area contributed by atoms with E-state index in [9.17, 15) is 4.79 Å². The Balaban J connectivity index is 2.23. The molecule has 6 heteroatoms. The molecule has 1 rings (SSSR count). The molecule has 0 atom stereocenters. The maximum atomic E-state index is 10.9. The van der Waals surface area contributed by atoms with E-state index < -0.39 is 6.09 Å². The van der Waals surface area contributed by atoms with E-state index in [2.05, 4.69) is 15.0 Å². The number of nitrogens with one attached hydrogen (secondary N) is 1. The molecule has 0 radical (unpaired) electrons. The molecule has 1 heterocycles. The van der Waals surface area contributed by atoms with E-state index in [-0.39, 0.29) is 13.2 Å². The monoisotopic (exact) mass is 216 g/mol. The number of ether oxygens (including phenoxy) is 1. The van der Waals surface area contributed by atoms with Gasteiger partial charge in [0.15, 0.2) is 0 Å². The number of alkyl carbamates (subject to hydrolysis) is 1. The maximum absolute atomic E-state index is 10.9. The van der Waals surface area contributed by atoms with Crippen LogP contribution >= 0.6 is 11.3 Å². The highest BCUT2D eigenvalue weighted by molar-refractivity contribution is 7.09. The Morgan fingerprint density at radius 1 is 1.79 bits per heavy atom. The second-order valence-electron chi connectivity index (χ2n) is 2.60. The fourth-order valence-electron chi connectivity index (χ4n) is 0.821. The number of amides is 1. The molecular formula is C8H12N2O3S. The summed E-state index contributed by atoms with van der Waals surface area (Å²) in [4.78, 5) is 15.1. The number of thiazole rings is 1. The molecule has 0 unspecified atom stereocenters. The van der Waals surface area contributed by atoms with Gasteiger partial charge in [0.1, 0.15) is 11.6 Å². The highest BCUT2D eigenvalue weighted by Crippen LogP contribution is 2.07. The van der Waals surface area contributed by atoms with E-state index in [1.165, 1.54) is 11.3 Å². The van der Waals surface area contributed by atoms with E-state index in [1.807, 2.05) is 12.3 Å². The quantitative estimate of drug-likeness (QED) is 0.776. The van der Waals surface area contributed by atoms with Gasteiger partial charge in [-0.2, -0.15) is 0 Å². The lowest BCUT2D eigenvalue weighted by molar-refractivity contribution is 0.119. The van der Waals surface area contributed by atoms with Crippen LogP contribution in [0.4, 0.5) is 4.79 Å². The lowest BCUT2D eigenvalue weighted by Gasteiger charge is -2.03. The number of nitrogens with zero attached hydrogens (tertiary/aromatic N) is 1. The summed E-state index contributed by atoms with van der Waals surface area (Å²) in [6.45, 7) is 2.11. The molecule has 1 aromatic rings. The van der Waals surface area contributed by atoms with Gasteiger partial charge in [-0.05, 0) is 6.92 Å². The lowest BCUT2D eigenvalue weighted by Crippen LogP contribution is -2.24. The number of aliphatic hydroxyl groups excluding tert-OH is 1. The molecule has 0 bridgehead atoms. The van der Waals surface area contributed by atoms with Crippen LogP contribution in [0, 0.1) is 6.92 Å². The smallest absolute Gasteiger partial charge is 0.407 e. The maximum Gasteiger partial charge on any atom is 0.407 e. The van der Waals surface area contributed by atoms with Crippen LogP contribution in [-0.2, 0) is 11.3 Å². The van der Waals surface area contributed by atoms with Crippen LogP contribution in [0.1, 0.15) is 10.7 Å². The van der Waals surface area contributed by atoms with E-state index in [4.69, 9.17) is 5.11 Å². The molecule has 78 valence electrons. The normalized spacial score (nSPS) is 9.86. The van der Waals surface area contributed by atoms with Crippen molar-refractivity contribution in [3.05, 3.63) is 16.1 Å². The minimum absolute atomic E-state index is 0.0166. The fraction of sp³-hybridized carbons (Fsp3) is 0.500. The van der Waals surface area contributed by atoms with Gasteiger partial charge in [0, 0.05) is 11.1 Å². The molecular weight excluding hydrogens is 204 g/mol. The number of carbonyl (C=O) groups excluding carboxylic acids is 1. The van der Waals surface area contributed by atoms with Gasteiger partial charge >= 0.3 is 6.09 Å². The average Bonchev–Trinajstić information content (AvgIpc) is 2.58. The molecule has 2 N–H and O–H groups in total. The highest BCUT2D eigenvalue weighted by Gasteiger charge is 2.03. The Hall–Kier alpha value is -1.14.